The van der Waals surface area contributed by atoms with Gasteiger partial charge in [-0.05, 0) is 53.9 Å². The fraction of sp³-hybridized carbons (Fsp3) is 0.286. The zero-order valence-electron chi connectivity index (χ0n) is 15.5. The second-order valence-corrected chi connectivity index (χ2v) is 7.45. The highest BCUT2D eigenvalue weighted by Crippen LogP contribution is 2.34. The lowest BCUT2D eigenvalue weighted by molar-refractivity contribution is -0.137. The van der Waals surface area contributed by atoms with Gasteiger partial charge in [0.05, 0.1) is 18.9 Å². The molecule has 0 spiro atoms. The van der Waals surface area contributed by atoms with Crippen LogP contribution in [0.4, 0.5) is 0 Å². The summed E-state index contributed by atoms with van der Waals surface area (Å²) in [6.45, 7) is 0. The summed E-state index contributed by atoms with van der Waals surface area (Å²) >= 11 is 3.43. The molecule has 2 aromatic carbocycles. The van der Waals surface area contributed by atoms with Crippen LogP contribution in [0.3, 0.4) is 0 Å². The first kappa shape index (κ1) is 20.1. The van der Waals surface area contributed by atoms with Crippen molar-refractivity contribution in [3.8, 4) is 5.75 Å². The van der Waals surface area contributed by atoms with Crippen molar-refractivity contribution in [3.63, 3.8) is 0 Å². The number of hydrogen-bond donors (Lipinski definition) is 1. The van der Waals surface area contributed by atoms with E-state index in [9.17, 15) is 9.59 Å². The lowest BCUT2D eigenvalue weighted by Gasteiger charge is -2.22. The molecule has 3 rings (SSSR count). The summed E-state index contributed by atoms with van der Waals surface area (Å²) < 4.78 is 6.16. The molecule has 146 valence electrons. The van der Waals surface area contributed by atoms with Crippen molar-refractivity contribution in [2.75, 3.05) is 7.11 Å². The summed E-state index contributed by atoms with van der Waals surface area (Å²) in [7, 11) is 1.61. The lowest BCUT2D eigenvalue weighted by Crippen LogP contribution is -2.27. The number of rotatable bonds is 7. The van der Waals surface area contributed by atoms with Gasteiger partial charge in [-0.2, -0.15) is 5.10 Å². The maximum Gasteiger partial charge on any atom is 0.303 e. The molecule has 28 heavy (non-hydrogen) atoms. The predicted octanol–water partition coefficient (Wildman–Crippen LogP) is 4.39. The smallest absolute Gasteiger partial charge is 0.303 e. The van der Waals surface area contributed by atoms with Gasteiger partial charge in [0.25, 0.3) is 0 Å². The molecule has 1 N–H and O–H groups in total. The zero-order valence-corrected chi connectivity index (χ0v) is 17.1. The molecule has 0 saturated carbocycles. The second-order valence-electron chi connectivity index (χ2n) is 6.53. The second kappa shape index (κ2) is 9.01. The van der Waals surface area contributed by atoms with Gasteiger partial charge in [0.2, 0.25) is 5.91 Å². The number of halogens is 1. The molecule has 1 aliphatic heterocycles. The summed E-state index contributed by atoms with van der Waals surface area (Å²) in [5, 5.41) is 14.9. The van der Waals surface area contributed by atoms with Crippen LogP contribution in [-0.4, -0.2) is 34.8 Å². The molecule has 0 bridgehead atoms. The van der Waals surface area contributed by atoms with Gasteiger partial charge in [0.15, 0.2) is 0 Å². The Kier molecular flexibility index (Phi) is 6.46. The molecule has 0 aromatic heterocycles. The zero-order chi connectivity index (χ0) is 20.1. The van der Waals surface area contributed by atoms with Crippen LogP contribution in [0.1, 0.15) is 42.9 Å². The van der Waals surface area contributed by atoms with E-state index in [-0.39, 0.29) is 24.8 Å². The molecule has 2 aromatic rings. The van der Waals surface area contributed by atoms with Gasteiger partial charge >= 0.3 is 5.97 Å². The Morgan fingerprint density at radius 1 is 1.14 bits per heavy atom. The number of carbonyl (C=O) groups excluding carboxylic acids is 1. The van der Waals surface area contributed by atoms with E-state index >= 15 is 0 Å². The van der Waals surface area contributed by atoms with Crippen LogP contribution in [0, 0.1) is 0 Å². The van der Waals surface area contributed by atoms with Crippen molar-refractivity contribution < 1.29 is 19.4 Å². The lowest BCUT2D eigenvalue weighted by atomic mass is 9.98. The average Bonchev–Trinajstić information content (AvgIpc) is 3.14. The summed E-state index contributed by atoms with van der Waals surface area (Å²) in [5.41, 5.74) is 2.74. The number of ether oxygens (including phenoxy) is 1. The van der Waals surface area contributed by atoms with Crippen LogP contribution >= 0.6 is 15.9 Å². The average molecular weight is 445 g/mol. The van der Waals surface area contributed by atoms with E-state index in [0.29, 0.717) is 12.8 Å². The molecule has 0 fully saturated rings. The van der Waals surface area contributed by atoms with E-state index in [2.05, 4.69) is 21.0 Å². The number of carboxylic acids is 1. The van der Waals surface area contributed by atoms with Gasteiger partial charge in [-0.25, -0.2) is 5.01 Å². The summed E-state index contributed by atoms with van der Waals surface area (Å²) in [6.07, 6.45) is 1.01. The molecular weight excluding hydrogens is 424 g/mol. The molecule has 0 saturated heterocycles. The quantitative estimate of drug-likeness (QED) is 0.686. The molecule has 1 heterocycles. The molecule has 0 aliphatic carbocycles. The Morgan fingerprint density at radius 3 is 2.43 bits per heavy atom. The van der Waals surface area contributed by atoms with Crippen molar-refractivity contribution in [1.82, 2.24) is 5.01 Å². The minimum Gasteiger partial charge on any atom is -0.497 e. The molecular formula is C21H21BrN2O4. The third-order valence-electron chi connectivity index (χ3n) is 4.63. The third kappa shape index (κ3) is 4.78. The number of aliphatic carboxylic acids is 1. The number of carbonyl (C=O) groups is 2. The number of benzene rings is 2. The Labute approximate surface area is 171 Å². The summed E-state index contributed by atoms with van der Waals surface area (Å²) in [6, 6.07) is 15.2. The number of hydrazone groups is 1. The Morgan fingerprint density at radius 2 is 1.82 bits per heavy atom. The number of amides is 1. The number of nitrogens with zero attached hydrogens (tertiary/aromatic N) is 2. The maximum atomic E-state index is 12.8. The molecule has 1 amide bonds. The highest BCUT2D eigenvalue weighted by Gasteiger charge is 2.32. The topological polar surface area (TPSA) is 79.2 Å². The van der Waals surface area contributed by atoms with Crippen molar-refractivity contribution in [1.29, 1.82) is 0 Å². The molecule has 0 radical (unpaired) electrons. The van der Waals surface area contributed by atoms with E-state index in [1.165, 1.54) is 5.01 Å². The van der Waals surface area contributed by atoms with Gasteiger partial charge in [0.1, 0.15) is 5.75 Å². The molecule has 1 atom stereocenters. The first-order valence-corrected chi connectivity index (χ1v) is 9.78. The first-order chi connectivity index (χ1) is 13.5. The monoisotopic (exact) mass is 444 g/mol. The van der Waals surface area contributed by atoms with E-state index in [1.54, 1.807) is 7.11 Å². The van der Waals surface area contributed by atoms with Gasteiger partial charge in [-0.15, -0.1) is 0 Å². The maximum absolute atomic E-state index is 12.8. The Bertz CT molecular complexity index is 878. The van der Waals surface area contributed by atoms with Gasteiger partial charge in [0, 0.05) is 23.7 Å². The summed E-state index contributed by atoms with van der Waals surface area (Å²) in [5.74, 6) is -0.313. The SMILES string of the molecule is COc1ccc(C2=NN(C(=O)CCCC(=O)O)[C@H](c3ccc(Br)cc3)C2)cc1. The van der Waals surface area contributed by atoms with Gasteiger partial charge in [-0.3, -0.25) is 9.59 Å². The normalized spacial score (nSPS) is 16.0. The van der Waals surface area contributed by atoms with Crippen molar-refractivity contribution in [2.24, 2.45) is 5.10 Å². The van der Waals surface area contributed by atoms with Crippen LogP contribution in [0.2, 0.25) is 0 Å². The van der Waals surface area contributed by atoms with Crippen molar-refractivity contribution in [3.05, 3.63) is 64.1 Å². The van der Waals surface area contributed by atoms with Crippen LogP contribution < -0.4 is 4.74 Å². The first-order valence-electron chi connectivity index (χ1n) is 8.99. The molecule has 1 aliphatic rings. The minimum atomic E-state index is -0.902. The van der Waals surface area contributed by atoms with Crippen molar-refractivity contribution >= 4 is 33.5 Å². The van der Waals surface area contributed by atoms with Crippen LogP contribution in [0.15, 0.2) is 58.1 Å². The fourth-order valence-electron chi connectivity index (χ4n) is 3.15. The number of hydrogen-bond acceptors (Lipinski definition) is 4. The molecule has 6 nitrogen and oxygen atoms in total. The standard InChI is InChI=1S/C21H21BrN2O4/c1-28-17-11-7-14(8-12-17)18-13-19(15-5-9-16(22)10-6-15)24(23-18)20(25)3-2-4-21(26)27/h5-12,19H,2-4,13H2,1H3,(H,26,27)/t19-/m0/s1. The number of carboxylic acid groups (broad SMARTS) is 1. The fourth-order valence-corrected chi connectivity index (χ4v) is 3.41. The number of methoxy groups -OCH3 is 1. The van der Waals surface area contributed by atoms with Crippen LogP contribution in [-0.2, 0) is 9.59 Å². The van der Waals surface area contributed by atoms with E-state index in [1.807, 2.05) is 48.5 Å². The highest BCUT2D eigenvalue weighted by atomic mass is 79.9. The van der Waals surface area contributed by atoms with Gasteiger partial charge in [-0.1, -0.05) is 28.1 Å². The van der Waals surface area contributed by atoms with E-state index < -0.39 is 5.97 Å². The molecule has 0 unspecified atom stereocenters. The van der Waals surface area contributed by atoms with E-state index in [4.69, 9.17) is 9.84 Å². The van der Waals surface area contributed by atoms with Gasteiger partial charge < -0.3 is 9.84 Å². The largest absolute Gasteiger partial charge is 0.497 e. The Balaban J connectivity index is 1.84. The van der Waals surface area contributed by atoms with Crippen LogP contribution in [0.25, 0.3) is 0 Å². The predicted molar refractivity (Wildman–Crippen MR) is 109 cm³/mol. The van der Waals surface area contributed by atoms with Crippen molar-refractivity contribution in [2.45, 2.75) is 31.7 Å². The van der Waals surface area contributed by atoms with E-state index in [0.717, 1.165) is 27.1 Å². The Hall–Kier alpha value is -2.67. The van der Waals surface area contributed by atoms with Crippen LogP contribution in [0.5, 0.6) is 5.75 Å². The molecule has 7 heteroatoms. The third-order valence-corrected chi connectivity index (χ3v) is 5.15. The minimum absolute atomic E-state index is 0.0302. The highest BCUT2D eigenvalue weighted by molar-refractivity contribution is 9.10. The summed E-state index contributed by atoms with van der Waals surface area (Å²) in [4.78, 5) is 23.5.